The number of carbonyl (C=O) groups is 1. The summed E-state index contributed by atoms with van der Waals surface area (Å²) in [6.07, 6.45) is 3.03. The molecule has 0 aliphatic carbocycles. The molecule has 0 atom stereocenters. The number of H-pyrrole nitrogens is 1. The van der Waals surface area contributed by atoms with Gasteiger partial charge < -0.3 is 20.1 Å². The monoisotopic (exact) mass is 253 g/mol. The number of hydrogen-bond acceptors (Lipinski definition) is 4. The molecule has 0 saturated carbocycles. The van der Waals surface area contributed by atoms with E-state index in [9.17, 15) is 9.90 Å². The summed E-state index contributed by atoms with van der Waals surface area (Å²) >= 11 is 0. The van der Waals surface area contributed by atoms with Gasteiger partial charge in [0.15, 0.2) is 0 Å². The van der Waals surface area contributed by atoms with Crippen molar-refractivity contribution in [1.29, 1.82) is 0 Å². The Labute approximate surface area is 106 Å². The van der Waals surface area contributed by atoms with Crippen LogP contribution in [0.15, 0.2) is 6.33 Å². The van der Waals surface area contributed by atoms with Crippen molar-refractivity contribution in [3.63, 3.8) is 0 Å². The smallest absolute Gasteiger partial charge is 0.271 e. The minimum absolute atomic E-state index is 0.0657. The van der Waals surface area contributed by atoms with E-state index in [0.717, 1.165) is 18.5 Å². The van der Waals surface area contributed by atoms with Crippen molar-refractivity contribution in [2.24, 2.45) is 5.41 Å². The quantitative estimate of drug-likeness (QED) is 0.717. The molecule has 1 saturated heterocycles. The first-order valence-electron chi connectivity index (χ1n) is 6.14. The fraction of sp³-hybridized carbons (Fsp3) is 0.667. The number of aliphatic hydroxyl groups excluding tert-OH is 1. The van der Waals surface area contributed by atoms with E-state index in [1.54, 1.807) is 6.92 Å². The molecule has 3 N–H and O–H groups in total. The second-order valence-electron chi connectivity index (χ2n) is 4.83. The molecular formula is C12H19N3O3. The average molecular weight is 253 g/mol. The van der Waals surface area contributed by atoms with E-state index in [1.165, 1.54) is 6.33 Å². The van der Waals surface area contributed by atoms with E-state index < -0.39 is 0 Å². The Balaban J connectivity index is 1.94. The van der Waals surface area contributed by atoms with Gasteiger partial charge in [0.25, 0.3) is 5.91 Å². The molecule has 6 nitrogen and oxygen atoms in total. The van der Waals surface area contributed by atoms with Gasteiger partial charge in [-0.05, 0) is 19.8 Å². The van der Waals surface area contributed by atoms with Gasteiger partial charge in [-0.15, -0.1) is 0 Å². The molecule has 0 aromatic carbocycles. The maximum Gasteiger partial charge on any atom is 0.271 e. The SMILES string of the molecule is Cc1[nH]cnc1C(=O)NCC1(CO)CCOCC1. The Kier molecular flexibility index (Phi) is 3.98. The van der Waals surface area contributed by atoms with Crippen LogP contribution in [0.1, 0.15) is 29.0 Å². The Morgan fingerprint density at radius 3 is 2.89 bits per heavy atom. The van der Waals surface area contributed by atoms with E-state index in [2.05, 4.69) is 15.3 Å². The molecular weight excluding hydrogens is 234 g/mol. The van der Waals surface area contributed by atoms with Crippen molar-refractivity contribution in [2.45, 2.75) is 19.8 Å². The Morgan fingerprint density at radius 2 is 2.33 bits per heavy atom. The lowest BCUT2D eigenvalue weighted by Gasteiger charge is -2.35. The van der Waals surface area contributed by atoms with Gasteiger partial charge in [0, 0.05) is 30.9 Å². The topological polar surface area (TPSA) is 87.2 Å². The molecule has 18 heavy (non-hydrogen) atoms. The van der Waals surface area contributed by atoms with Crippen LogP contribution in [0, 0.1) is 12.3 Å². The van der Waals surface area contributed by atoms with Crippen molar-refractivity contribution in [2.75, 3.05) is 26.4 Å². The molecule has 0 radical (unpaired) electrons. The first-order chi connectivity index (χ1) is 8.67. The normalized spacial score (nSPS) is 18.6. The molecule has 100 valence electrons. The summed E-state index contributed by atoms with van der Waals surface area (Å²) in [6, 6.07) is 0. The van der Waals surface area contributed by atoms with Crippen molar-refractivity contribution >= 4 is 5.91 Å². The lowest BCUT2D eigenvalue weighted by atomic mass is 9.81. The number of amides is 1. The lowest BCUT2D eigenvalue weighted by Crippen LogP contribution is -2.43. The van der Waals surface area contributed by atoms with E-state index in [1.807, 2.05) is 0 Å². The number of aliphatic hydroxyl groups is 1. The highest BCUT2D eigenvalue weighted by atomic mass is 16.5. The second-order valence-corrected chi connectivity index (χ2v) is 4.83. The zero-order valence-electron chi connectivity index (χ0n) is 10.5. The van der Waals surface area contributed by atoms with E-state index >= 15 is 0 Å². The fourth-order valence-electron chi connectivity index (χ4n) is 2.13. The number of nitrogens with one attached hydrogen (secondary N) is 2. The van der Waals surface area contributed by atoms with Crippen LogP contribution in [0.4, 0.5) is 0 Å². The highest BCUT2D eigenvalue weighted by molar-refractivity contribution is 5.93. The summed E-state index contributed by atoms with van der Waals surface area (Å²) in [5.41, 5.74) is 0.908. The summed E-state index contributed by atoms with van der Waals surface area (Å²) in [5.74, 6) is -0.201. The minimum atomic E-state index is -0.252. The molecule has 6 heteroatoms. The molecule has 0 unspecified atom stereocenters. The Hall–Kier alpha value is -1.40. The van der Waals surface area contributed by atoms with Gasteiger partial charge in [0.1, 0.15) is 5.69 Å². The summed E-state index contributed by atoms with van der Waals surface area (Å²) < 4.78 is 5.28. The lowest BCUT2D eigenvalue weighted by molar-refractivity contribution is -0.0146. The van der Waals surface area contributed by atoms with E-state index in [4.69, 9.17) is 4.74 Å². The van der Waals surface area contributed by atoms with Crippen LogP contribution in [0.3, 0.4) is 0 Å². The summed E-state index contributed by atoms with van der Waals surface area (Å²) in [5, 5.41) is 12.4. The molecule has 1 aliphatic heterocycles. The largest absolute Gasteiger partial charge is 0.396 e. The highest BCUT2D eigenvalue weighted by Crippen LogP contribution is 2.29. The Bertz CT molecular complexity index is 410. The van der Waals surface area contributed by atoms with Crippen LogP contribution in [0.5, 0.6) is 0 Å². The standard InChI is InChI=1S/C12H19N3O3/c1-9-10(15-8-14-9)11(17)13-6-12(7-16)2-4-18-5-3-12/h8,16H,2-7H2,1H3,(H,13,17)(H,14,15). The van der Waals surface area contributed by atoms with Crippen molar-refractivity contribution in [3.05, 3.63) is 17.7 Å². The maximum atomic E-state index is 11.9. The second kappa shape index (κ2) is 5.49. The molecule has 1 aromatic rings. The molecule has 2 heterocycles. The molecule has 1 aliphatic rings. The zero-order chi connectivity index (χ0) is 13.0. The number of hydrogen-bond donors (Lipinski definition) is 3. The predicted molar refractivity (Wildman–Crippen MR) is 65.2 cm³/mol. The van der Waals surface area contributed by atoms with Gasteiger partial charge in [-0.2, -0.15) is 0 Å². The molecule has 1 amide bonds. The number of carbonyl (C=O) groups excluding carboxylic acids is 1. The predicted octanol–water partition coefficient (Wildman–Crippen LogP) is 0.237. The third-order valence-corrected chi connectivity index (χ3v) is 3.56. The van der Waals surface area contributed by atoms with Crippen LogP contribution in [0.25, 0.3) is 0 Å². The third-order valence-electron chi connectivity index (χ3n) is 3.56. The van der Waals surface area contributed by atoms with Gasteiger partial charge in [-0.3, -0.25) is 4.79 Å². The zero-order valence-corrected chi connectivity index (χ0v) is 10.5. The van der Waals surface area contributed by atoms with E-state index in [-0.39, 0.29) is 17.9 Å². The number of imidazole rings is 1. The number of aromatic nitrogens is 2. The number of nitrogens with zero attached hydrogens (tertiary/aromatic N) is 1. The van der Waals surface area contributed by atoms with Crippen LogP contribution < -0.4 is 5.32 Å². The first-order valence-corrected chi connectivity index (χ1v) is 6.14. The summed E-state index contributed by atoms with van der Waals surface area (Å²) in [6.45, 7) is 3.60. The van der Waals surface area contributed by atoms with Crippen molar-refractivity contribution in [3.8, 4) is 0 Å². The molecule has 1 fully saturated rings. The minimum Gasteiger partial charge on any atom is -0.396 e. The van der Waals surface area contributed by atoms with Gasteiger partial charge >= 0.3 is 0 Å². The molecule has 0 spiro atoms. The van der Waals surface area contributed by atoms with Crippen molar-refractivity contribution in [1.82, 2.24) is 15.3 Å². The van der Waals surface area contributed by atoms with Gasteiger partial charge in [-0.1, -0.05) is 0 Å². The van der Waals surface area contributed by atoms with E-state index in [0.29, 0.717) is 25.5 Å². The summed E-state index contributed by atoms with van der Waals surface area (Å²) in [7, 11) is 0. The highest BCUT2D eigenvalue weighted by Gasteiger charge is 2.32. The van der Waals surface area contributed by atoms with Crippen LogP contribution in [-0.2, 0) is 4.74 Å². The number of rotatable bonds is 4. The van der Waals surface area contributed by atoms with Gasteiger partial charge in [0.2, 0.25) is 0 Å². The molecule has 2 rings (SSSR count). The van der Waals surface area contributed by atoms with Crippen LogP contribution in [-0.4, -0.2) is 47.3 Å². The Morgan fingerprint density at radius 1 is 1.61 bits per heavy atom. The van der Waals surface area contributed by atoms with Crippen molar-refractivity contribution < 1.29 is 14.6 Å². The maximum absolute atomic E-state index is 11.9. The van der Waals surface area contributed by atoms with Crippen LogP contribution in [0.2, 0.25) is 0 Å². The third kappa shape index (κ3) is 2.70. The summed E-state index contributed by atoms with van der Waals surface area (Å²) in [4.78, 5) is 18.8. The van der Waals surface area contributed by atoms with Gasteiger partial charge in [0.05, 0.1) is 12.9 Å². The van der Waals surface area contributed by atoms with Gasteiger partial charge in [-0.25, -0.2) is 4.98 Å². The molecule has 0 bridgehead atoms. The molecule has 1 aromatic heterocycles. The number of aryl methyl sites for hydroxylation is 1. The first kappa shape index (κ1) is 13.0. The van der Waals surface area contributed by atoms with Crippen LogP contribution >= 0.6 is 0 Å². The number of aromatic amines is 1. The fourth-order valence-corrected chi connectivity index (χ4v) is 2.13. The number of ether oxygens (including phenoxy) is 1. The average Bonchev–Trinajstić information content (AvgIpc) is 2.83.